The van der Waals surface area contributed by atoms with Crippen LogP contribution in [-0.2, 0) is 0 Å². The summed E-state index contributed by atoms with van der Waals surface area (Å²) < 4.78 is 15.5. The fraction of sp³-hybridized carbons (Fsp3) is 0.0952. The highest BCUT2D eigenvalue weighted by Gasteiger charge is 2.31. The third kappa shape index (κ3) is 3.39. The highest BCUT2D eigenvalue weighted by molar-refractivity contribution is 9.10. The molecule has 0 amide bonds. The predicted molar refractivity (Wildman–Crippen MR) is 108 cm³/mol. The van der Waals surface area contributed by atoms with Gasteiger partial charge in [0.25, 0.3) is 0 Å². The van der Waals surface area contributed by atoms with E-state index >= 15 is 0 Å². The molecule has 0 N–H and O–H groups in total. The van der Waals surface area contributed by atoms with Crippen LogP contribution in [0.25, 0.3) is 0 Å². The van der Waals surface area contributed by atoms with Crippen LogP contribution in [0.5, 0.6) is 0 Å². The second kappa shape index (κ2) is 7.22. The van der Waals surface area contributed by atoms with E-state index in [9.17, 15) is 4.39 Å². The van der Waals surface area contributed by atoms with Crippen LogP contribution in [0.15, 0.2) is 82.4 Å². The Kier molecular flexibility index (Phi) is 4.79. The summed E-state index contributed by atoms with van der Waals surface area (Å²) in [6.45, 7) is 0. The van der Waals surface area contributed by atoms with Crippen molar-refractivity contribution in [1.82, 2.24) is 0 Å². The second-order valence-corrected chi connectivity index (χ2v) is 7.48. The number of halogens is 3. The zero-order chi connectivity index (χ0) is 18.1. The first-order valence-electron chi connectivity index (χ1n) is 8.24. The van der Waals surface area contributed by atoms with E-state index in [1.807, 2.05) is 54.6 Å². The number of nitrogens with zero attached hydrogens (tertiary/aromatic N) is 2. The van der Waals surface area contributed by atoms with Gasteiger partial charge in [0.1, 0.15) is 5.82 Å². The Balaban J connectivity index is 1.78. The molecule has 3 aromatic rings. The second-order valence-electron chi connectivity index (χ2n) is 6.12. The van der Waals surface area contributed by atoms with Gasteiger partial charge in [-0.05, 0) is 47.5 Å². The van der Waals surface area contributed by atoms with Gasteiger partial charge in [0.2, 0.25) is 0 Å². The lowest BCUT2D eigenvalue weighted by atomic mass is 9.98. The first-order valence-corrected chi connectivity index (χ1v) is 9.41. The smallest absolute Gasteiger partial charge is 0.148 e. The minimum Gasteiger partial charge on any atom is -0.254 e. The summed E-state index contributed by atoms with van der Waals surface area (Å²) in [6, 6.07) is 22.3. The minimum atomic E-state index is -0.286. The number of benzene rings is 3. The van der Waals surface area contributed by atoms with Crippen LogP contribution in [-0.4, -0.2) is 5.71 Å². The summed E-state index contributed by atoms with van der Waals surface area (Å²) in [5.41, 5.74) is 3.40. The van der Waals surface area contributed by atoms with Crippen molar-refractivity contribution in [2.24, 2.45) is 5.10 Å². The van der Waals surface area contributed by atoms with Crippen LogP contribution in [0, 0.1) is 5.82 Å². The van der Waals surface area contributed by atoms with Gasteiger partial charge < -0.3 is 0 Å². The summed E-state index contributed by atoms with van der Waals surface area (Å²) in [7, 11) is 0. The van der Waals surface area contributed by atoms with Gasteiger partial charge in [-0.3, -0.25) is 5.01 Å². The first-order chi connectivity index (χ1) is 12.6. The molecule has 0 spiro atoms. The Labute approximate surface area is 165 Å². The highest BCUT2D eigenvalue weighted by Crippen LogP contribution is 2.38. The third-order valence-electron chi connectivity index (χ3n) is 4.42. The molecule has 1 aliphatic heterocycles. The Bertz CT molecular complexity index is 972. The monoisotopic (exact) mass is 428 g/mol. The van der Waals surface area contributed by atoms with E-state index in [0.717, 1.165) is 21.3 Å². The molecule has 0 saturated carbocycles. The molecule has 0 aromatic heterocycles. The maximum Gasteiger partial charge on any atom is 0.148 e. The van der Waals surface area contributed by atoms with Crippen molar-refractivity contribution in [3.8, 4) is 0 Å². The normalized spacial score (nSPS) is 16.7. The maximum absolute atomic E-state index is 14.4. The predicted octanol–water partition coefficient (Wildman–Crippen LogP) is 6.60. The molecule has 1 heterocycles. The van der Waals surface area contributed by atoms with Gasteiger partial charge in [-0.25, -0.2) is 4.39 Å². The van der Waals surface area contributed by atoms with E-state index in [2.05, 4.69) is 15.9 Å². The van der Waals surface area contributed by atoms with Crippen LogP contribution >= 0.6 is 27.5 Å². The van der Waals surface area contributed by atoms with Crippen LogP contribution < -0.4 is 5.01 Å². The van der Waals surface area contributed by atoms with Crippen molar-refractivity contribution in [3.05, 3.63) is 99.2 Å². The number of hydrogen-bond donors (Lipinski definition) is 0. The molecule has 0 saturated heterocycles. The van der Waals surface area contributed by atoms with Gasteiger partial charge in [0.15, 0.2) is 0 Å². The highest BCUT2D eigenvalue weighted by atomic mass is 79.9. The molecule has 1 aliphatic rings. The molecule has 26 heavy (non-hydrogen) atoms. The van der Waals surface area contributed by atoms with E-state index < -0.39 is 0 Å². The molecule has 0 bridgehead atoms. The van der Waals surface area contributed by atoms with Crippen molar-refractivity contribution in [1.29, 1.82) is 0 Å². The van der Waals surface area contributed by atoms with Gasteiger partial charge in [-0.1, -0.05) is 63.9 Å². The lowest BCUT2D eigenvalue weighted by Gasteiger charge is -2.24. The lowest BCUT2D eigenvalue weighted by Crippen LogP contribution is -2.19. The van der Waals surface area contributed by atoms with Crippen molar-refractivity contribution in [2.45, 2.75) is 12.5 Å². The molecule has 130 valence electrons. The van der Waals surface area contributed by atoms with E-state index in [1.54, 1.807) is 17.1 Å². The Hall–Kier alpha value is -2.17. The summed E-state index contributed by atoms with van der Waals surface area (Å²) in [4.78, 5) is 0. The van der Waals surface area contributed by atoms with Crippen molar-refractivity contribution < 1.29 is 4.39 Å². The Morgan fingerprint density at radius 2 is 1.77 bits per heavy atom. The molecule has 1 unspecified atom stereocenters. The third-order valence-corrected chi connectivity index (χ3v) is 5.19. The van der Waals surface area contributed by atoms with E-state index in [1.165, 1.54) is 6.07 Å². The molecule has 0 radical (unpaired) electrons. The van der Waals surface area contributed by atoms with Crippen molar-refractivity contribution in [3.63, 3.8) is 0 Å². The van der Waals surface area contributed by atoms with Crippen molar-refractivity contribution >= 4 is 38.9 Å². The van der Waals surface area contributed by atoms with Gasteiger partial charge in [-0.15, -0.1) is 0 Å². The maximum atomic E-state index is 14.4. The van der Waals surface area contributed by atoms with Crippen molar-refractivity contribution in [2.75, 3.05) is 5.01 Å². The van der Waals surface area contributed by atoms with E-state index in [0.29, 0.717) is 17.1 Å². The minimum absolute atomic E-state index is 0.0750. The molecule has 0 fully saturated rings. The average molecular weight is 430 g/mol. The fourth-order valence-electron chi connectivity index (χ4n) is 3.16. The molecule has 4 rings (SSSR count). The van der Waals surface area contributed by atoms with Gasteiger partial charge in [0, 0.05) is 15.9 Å². The average Bonchev–Trinajstić information content (AvgIpc) is 3.08. The summed E-state index contributed by atoms with van der Waals surface area (Å²) >= 11 is 9.60. The molecule has 3 aromatic carbocycles. The van der Waals surface area contributed by atoms with Gasteiger partial charge in [-0.2, -0.15) is 5.10 Å². The Morgan fingerprint density at radius 3 is 2.50 bits per heavy atom. The molecular weight excluding hydrogens is 415 g/mol. The van der Waals surface area contributed by atoms with E-state index in [4.69, 9.17) is 16.7 Å². The quantitative estimate of drug-likeness (QED) is 0.458. The summed E-state index contributed by atoms with van der Waals surface area (Å²) in [5.74, 6) is -0.286. The largest absolute Gasteiger partial charge is 0.254 e. The first kappa shape index (κ1) is 17.3. The zero-order valence-corrected chi connectivity index (χ0v) is 16.1. The molecule has 0 aliphatic carbocycles. The topological polar surface area (TPSA) is 15.6 Å². The van der Waals surface area contributed by atoms with Gasteiger partial charge >= 0.3 is 0 Å². The Morgan fingerprint density at radius 1 is 1.00 bits per heavy atom. The standard InChI is InChI=1S/C21H15BrClFN2/c22-16-10-8-14(9-11-16)21-13-19(15-4-3-5-17(23)12-15)25-26(21)20-7-2-1-6-18(20)24/h1-12,21H,13H2. The number of hydrazone groups is 1. The van der Waals surface area contributed by atoms with Crippen LogP contribution in [0.3, 0.4) is 0 Å². The number of hydrogen-bond acceptors (Lipinski definition) is 2. The summed E-state index contributed by atoms with van der Waals surface area (Å²) in [5, 5.41) is 7.18. The van der Waals surface area contributed by atoms with Crippen LogP contribution in [0.4, 0.5) is 10.1 Å². The molecule has 5 heteroatoms. The molecular formula is C21H15BrClFN2. The lowest BCUT2D eigenvalue weighted by molar-refractivity contribution is 0.606. The number of rotatable bonds is 3. The van der Waals surface area contributed by atoms with Crippen LogP contribution in [0.1, 0.15) is 23.6 Å². The molecule has 2 nitrogen and oxygen atoms in total. The summed E-state index contributed by atoms with van der Waals surface area (Å²) in [6.07, 6.45) is 0.677. The zero-order valence-electron chi connectivity index (χ0n) is 13.7. The number of anilines is 1. The van der Waals surface area contributed by atoms with Gasteiger partial charge in [0.05, 0.1) is 17.4 Å². The SMILES string of the molecule is Fc1ccccc1N1N=C(c2cccc(Cl)c2)CC1c1ccc(Br)cc1. The molecule has 1 atom stereocenters. The fourth-order valence-corrected chi connectivity index (χ4v) is 3.61. The number of para-hydroxylation sites is 1. The van der Waals surface area contributed by atoms with E-state index in [-0.39, 0.29) is 11.9 Å². The van der Waals surface area contributed by atoms with Crippen LogP contribution in [0.2, 0.25) is 5.02 Å².